The molecule has 0 saturated heterocycles. The van der Waals surface area contributed by atoms with Gasteiger partial charge < -0.3 is 14.8 Å². The number of sulfone groups is 1. The average Bonchev–Trinajstić information content (AvgIpc) is 3.39. The summed E-state index contributed by atoms with van der Waals surface area (Å²) in [6.07, 6.45) is 1.16. The number of carbonyl (C=O) groups is 2. The monoisotopic (exact) mass is 477 g/mol. The SMILES string of the molecule is CC(C)(C)S(=O)(=O)C1(CN2CCn3c(C(=O)NCc4ccc(Cl)cc4)ccc3C2=O)CC1. The van der Waals surface area contributed by atoms with Crippen LogP contribution < -0.4 is 5.32 Å². The molecule has 172 valence electrons. The summed E-state index contributed by atoms with van der Waals surface area (Å²) in [6, 6.07) is 10.5. The standard InChI is InChI=1S/C23H28ClN3O4S/c1-22(2,3)32(30,31)23(10-11-23)15-26-12-13-27-18(8-9-19(27)21(26)29)20(28)25-14-16-4-6-17(24)7-5-16/h4-9H,10-15H2,1-3H3,(H,25,28). The molecule has 1 saturated carbocycles. The molecular formula is C23H28ClN3O4S. The molecule has 1 aromatic heterocycles. The number of rotatable bonds is 6. The van der Waals surface area contributed by atoms with Crippen LogP contribution in [0.5, 0.6) is 0 Å². The Balaban J connectivity index is 1.46. The summed E-state index contributed by atoms with van der Waals surface area (Å²) < 4.78 is 26.1. The molecule has 2 heterocycles. The van der Waals surface area contributed by atoms with E-state index in [1.54, 1.807) is 54.5 Å². The summed E-state index contributed by atoms with van der Waals surface area (Å²) >= 11 is 5.89. The first-order chi connectivity index (χ1) is 15.0. The minimum absolute atomic E-state index is 0.203. The predicted octanol–water partition coefficient (Wildman–Crippen LogP) is 3.27. The van der Waals surface area contributed by atoms with Gasteiger partial charge in [0.1, 0.15) is 11.4 Å². The van der Waals surface area contributed by atoms with E-state index in [4.69, 9.17) is 11.6 Å². The van der Waals surface area contributed by atoms with Crippen molar-refractivity contribution in [2.75, 3.05) is 13.1 Å². The van der Waals surface area contributed by atoms with E-state index in [0.29, 0.717) is 48.9 Å². The molecule has 32 heavy (non-hydrogen) atoms. The fourth-order valence-corrected chi connectivity index (χ4v) is 6.64. The zero-order chi connectivity index (χ0) is 23.3. The van der Waals surface area contributed by atoms with Crippen LogP contribution in [-0.2, 0) is 22.9 Å². The highest BCUT2D eigenvalue weighted by Gasteiger charge is 2.59. The molecule has 9 heteroatoms. The van der Waals surface area contributed by atoms with Crippen LogP contribution in [0.2, 0.25) is 5.02 Å². The third-order valence-corrected chi connectivity index (χ3v) is 9.88. The lowest BCUT2D eigenvalue weighted by molar-refractivity contribution is 0.0698. The van der Waals surface area contributed by atoms with Gasteiger partial charge in [0, 0.05) is 31.2 Å². The van der Waals surface area contributed by atoms with Crippen LogP contribution in [0.15, 0.2) is 36.4 Å². The molecule has 4 rings (SSSR count). The van der Waals surface area contributed by atoms with Crippen LogP contribution in [0.3, 0.4) is 0 Å². The summed E-state index contributed by atoms with van der Waals surface area (Å²) in [4.78, 5) is 27.5. The smallest absolute Gasteiger partial charge is 0.270 e. The van der Waals surface area contributed by atoms with Gasteiger partial charge in [-0.15, -0.1) is 0 Å². The zero-order valence-corrected chi connectivity index (χ0v) is 20.1. The molecule has 1 fully saturated rings. The first-order valence-corrected chi connectivity index (χ1v) is 12.6. The normalized spacial score (nSPS) is 17.8. The quantitative estimate of drug-likeness (QED) is 0.691. The van der Waals surface area contributed by atoms with Crippen molar-refractivity contribution in [3.63, 3.8) is 0 Å². The highest BCUT2D eigenvalue weighted by atomic mass is 35.5. The van der Waals surface area contributed by atoms with Gasteiger partial charge in [0.15, 0.2) is 9.84 Å². The van der Waals surface area contributed by atoms with E-state index in [1.165, 1.54) is 0 Å². The zero-order valence-electron chi connectivity index (χ0n) is 18.5. The van der Waals surface area contributed by atoms with Crippen LogP contribution in [0.25, 0.3) is 0 Å². The first-order valence-electron chi connectivity index (χ1n) is 10.7. The second-order valence-electron chi connectivity index (χ2n) is 9.59. The average molecular weight is 478 g/mol. The summed E-state index contributed by atoms with van der Waals surface area (Å²) in [6.45, 7) is 6.50. The van der Waals surface area contributed by atoms with Gasteiger partial charge in [-0.05, 0) is 63.4 Å². The summed E-state index contributed by atoms with van der Waals surface area (Å²) in [5.41, 5.74) is 1.76. The van der Waals surface area contributed by atoms with Crippen LogP contribution in [0.4, 0.5) is 0 Å². The highest BCUT2D eigenvalue weighted by molar-refractivity contribution is 7.94. The molecule has 1 aromatic carbocycles. The van der Waals surface area contributed by atoms with Gasteiger partial charge in [0.05, 0.1) is 9.49 Å². The fourth-order valence-electron chi connectivity index (χ4n) is 4.25. The van der Waals surface area contributed by atoms with Gasteiger partial charge in [-0.1, -0.05) is 23.7 Å². The van der Waals surface area contributed by atoms with Crippen molar-refractivity contribution in [3.05, 3.63) is 58.4 Å². The maximum atomic E-state index is 13.1. The molecule has 0 spiro atoms. The minimum Gasteiger partial charge on any atom is -0.347 e. The first kappa shape index (κ1) is 22.9. The lowest BCUT2D eigenvalue weighted by Crippen LogP contribution is -2.50. The van der Waals surface area contributed by atoms with E-state index < -0.39 is 19.3 Å². The number of halogens is 1. The molecule has 2 aromatic rings. The Morgan fingerprint density at radius 2 is 1.75 bits per heavy atom. The maximum Gasteiger partial charge on any atom is 0.270 e. The topological polar surface area (TPSA) is 88.5 Å². The van der Waals surface area contributed by atoms with E-state index in [1.807, 2.05) is 12.1 Å². The van der Waals surface area contributed by atoms with Crippen molar-refractivity contribution < 1.29 is 18.0 Å². The third-order valence-electron chi connectivity index (χ3n) is 6.34. The number of nitrogens with one attached hydrogen (secondary N) is 1. The molecule has 2 aliphatic rings. The second-order valence-corrected chi connectivity index (χ2v) is 13.1. The minimum atomic E-state index is -3.38. The van der Waals surface area contributed by atoms with Gasteiger partial charge in [0.2, 0.25) is 0 Å². The van der Waals surface area contributed by atoms with Crippen molar-refractivity contribution in [3.8, 4) is 0 Å². The molecule has 0 unspecified atom stereocenters. The van der Waals surface area contributed by atoms with Crippen molar-refractivity contribution in [1.82, 2.24) is 14.8 Å². The summed E-state index contributed by atoms with van der Waals surface area (Å²) in [5, 5.41) is 3.51. The van der Waals surface area contributed by atoms with E-state index in [0.717, 1.165) is 5.56 Å². The molecule has 1 aliphatic carbocycles. The number of fused-ring (bicyclic) bond motifs is 1. The lowest BCUT2D eigenvalue weighted by atomic mass is 10.2. The van der Waals surface area contributed by atoms with Gasteiger partial charge >= 0.3 is 0 Å². The van der Waals surface area contributed by atoms with Crippen molar-refractivity contribution in [2.24, 2.45) is 0 Å². The van der Waals surface area contributed by atoms with Crippen LogP contribution >= 0.6 is 11.6 Å². The maximum absolute atomic E-state index is 13.1. The Labute approximate surface area is 193 Å². The largest absolute Gasteiger partial charge is 0.347 e. The number of nitrogens with zero attached hydrogens (tertiary/aromatic N) is 2. The number of carbonyl (C=O) groups excluding carboxylic acids is 2. The molecule has 0 atom stereocenters. The number of benzene rings is 1. The van der Waals surface area contributed by atoms with Crippen molar-refractivity contribution >= 4 is 33.3 Å². The lowest BCUT2D eigenvalue weighted by Gasteiger charge is -2.34. The molecular weight excluding hydrogens is 450 g/mol. The Hall–Kier alpha value is -2.32. The second kappa shape index (κ2) is 7.92. The number of amides is 2. The van der Waals surface area contributed by atoms with E-state index in [9.17, 15) is 18.0 Å². The van der Waals surface area contributed by atoms with Gasteiger partial charge in [-0.3, -0.25) is 9.59 Å². The summed E-state index contributed by atoms with van der Waals surface area (Å²) in [7, 11) is -3.38. The van der Waals surface area contributed by atoms with E-state index in [-0.39, 0.29) is 18.4 Å². The van der Waals surface area contributed by atoms with Crippen LogP contribution in [-0.4, -0.2) is 52.3 Å². The number of aromatic nitrogens is 1. The number of hydrogen-bond donors (Lipinski definition) is 1. The van der Waals surface area contributed by atoms with Gasteiger partial charge in [-0.25, -0.2) is 8.42 Å². The molecule has 1 N–H and O–H groups in total. The Morgan fingerprint density at radius 3 is 2.34 bits per heavy atom. The van der Waals surface area contributed by atoms with Crippen LogP contribution in [0, 0.1) is 0 Å². The van der Waals surface area contributed by atoms with Crippen molar-refractivity contribution in [1.29, 1.82) is 0 Å². The molecule has 0 bridgehead atoms. The Bertz CT molecular complexity index is 1160. The van der Waals surface area contributed by atoms with E-state index >= 15 is 0 Å². The summed E-state index contributed by atoms with van der Waals surface area (Å²) in [5.74, 6) is -0.496. The Morgan fingerprint density at radius 1 is 1.09 bits per heavy atom. The number of hydrogen-bond acceptors (Lipinski definition) is 4. The van der Waals surface area contributed by atoms with Crippen LogP contribution in [0.1, 0.15) is 60.2 Å². The highest BCUT2D eigenvalue weighted by Crippen LogP contribution is 2.49. The van der Waals surface area contributed by atoms with Gasteiger partial charge in [-0.2, -0.15) is 0 Å². The Kier molecular flexibility index (Phi) is 5.66. The fraction of sp³-hybridized carbons (Fsp3) is 0.478. The molecule has 7 nitrogen and oxygen atoms in total. The molecule has 0 radical (unpaired) electrons. The predicted molar refractivity (Wildman–Crippen MR) is 124 cm³/mol. The molecule has 1 aliphatic heterocycles. The van der Waals surface area contributed by atoms with Gasteiger partial charge in [0.25, 0.3) is 11.8 Å². The molecule has 2 amide bonds. The van der Waals surface area contributed by atoms with Crippen molar-refractivity contribution in [2.45, 2.75) is 56.2 Å². The van der Waals surface area contributed by atoms with E-state index in [2.05, 4.69) is 5.32 Å². The third kappa shape index (κ3) is 3.94.